The van der Waals surface area contributed by atoms with E-state index in [1.807, 2.05) is 0 Å². The molecule has 6 nitrogen and oxygen atoms in total. The van der Waals surface area contributed by atoms with Crippen molar-refractivity contribution in [2.24, 2.45) is 0 Å². The molecule has 0 fully saturated rings. The van der Waals surface area contributed by atoms with E-state index in [4.69, 9.17) is 9.84 Å². The molecule has 0 radical (unpaired) electrons. The van der Waals surface area contributed by atoms with Crippen LogP contribution in [0.25, 0.3) is 0 Å². The summed E-state index contributed by atoms with van der Waals surface area (Å²) >= 11 is 3.24. The Morgan fingerprint density at radius 1 is 1.19 bits per heavy atom. The molecule has 2 N–H and O–H groups in total. The number of benzene rings is 2. The summed E-state index contributed by atoms with van der Waals surface area (Å²) in [5.74, 6) is -1.70. The molecule has 9 heteroatoms. The van der Waals surface area contributed by atoms with E-state index in [0.717, 1.165) is 17.7 Å². The van der Waals surface area contributed by atoms with Gasteiger partial charge < -0.3 is 19.7 Å². The highest BCUT2D eigenvalue weighted by Crippen LogP contribution is 2.24. The van der Waals surface area contributed by atoms with Gasteiger partial charge in [0.1, 0.15) is 35.1 Å². The minimum absolute atomic E-state index is 0.164. The van der Waals surface area contributed by atoms with Crippen molar-refractivity contribution in [3.05, 3.63) is 91.8 Å². The third-order valence-electron chi connectivity index (χ3n) is 4.51. The van der Waals surface area contributed by atoms with Crippen LogP contribution in [0.4, 0.5) is 14.5 Å². The van der Waals surface area contributed by atoms with Gasteiger partial charge >= 0.3 is 0 Å². The van der Waals surface area contributed by atoms with Gasteiger partial charge in [-0.2, -0.15) is 0 Å². The van der Waals surface area contributed by atoms with Crippen molar-refractivity contribution >= 4 is 27.5 Å². The highest BCUT2D eigenvalue weighted by Gasteiger charge is 2.14. The Kier molecular flexibility index (Phi) is 7.19. The van der Waals surface area contributed by atoms with E-state index in [1.54, 1.807) is 37.3 Å². The number of hydrogen-bond donors (Lipinski definition) is 2. The number of pyridine rings is 1. The van der Waals surface area contributed by atoms with Crippen molar-refractivity contribution in [1.82, 2.24) is 4.57 Å². The number of ether oxygens (including phenoxy) is 1. The quantitative estimate of drug-likeness (QED) is 0.526. The third-order valence-corrected chi connectivity index (χ3v) is 5.24. The Labute approximate surface area is 185 Å². The molecule has 0 aliphatic carbocycles. The lowest BCUT2D eigenvalue weighted by Crippen LogP contribution is -2.24. The van der Waals surface area contributed by atoms with Crippen molar-refractivity contribution in [2.75, 3.05) is 11.9 Å². The maximum absolute atomic E-state index is 13.8. The van der Waals surface area contributed by atoms with E-state index < -0.39 is 24.1 Å². The summed E-state index contributed by atoms with van der Waals surface area (Å²) in [6.07, 6.45) is 0. The highest BCUT2D eigenvalue weighted by molar-refractivity contribution is 9.10. The summed E-state index contributed by atoms with van der Waals surface area (Å²) in [5, 5.41) is 11.4. The number of carbonyl (C=O) groups excluding carboxylic acids is 1. The van der Waals surface area contributed by atoms with Gasteiger partial charge in [-0.1, -0.05) is 12.1 Å². The summed E-state index contributed by atoms with van der Waals surface area (Å²) in [6, 6.07) is 11.7. The van der Waals surface area contributed by atoms with Gasteiger partial charge in [-0.15, -0.1) is 0 Å². The van der Waals surface area contributed by atoms with Crippen molar-refractivity contribution in [3.63, 3.8) is 0 Å². The Hall–Kier alpha value is -3.04. The fourth-order valence-electron chi connectivity index (χ4n) is 2.94. The van der Waals surface area contributed by atoms with Crippen LogP contribution in [0.1, 0.15) is 16.8 Å². The summed E-state index contributed by atoms with van der Waals surface area (Å²) < 4.78 is 34.1. The largest absolute Gasteiger partial charge is 0.487 e. The average Bonchev–Trinajstić information content (AvgIpc) is 2.74. The van der Waals surface area contributed by atoms with Crippen LogP contribution in [0.15, 0.2) is 57.8 Å². The molecule has 0 atom stereocenters. The molecule has 3 aromatic rings. The SMILES string of the molecule is Cc1cc(OCc2ccc(F)cc2F)c(Br)c(=O)n1Cc1cccc(NC(=O)CO)c1. The lowest BCUT2D eigenvalue weighted by atomic mass is 10.2. The zero-order valence-electron chi connectivity index (χ0n) is 16.5. The number of aliphatic hydroxyl groups is 1. The number of aryl methyl sites for hydroxylation is 1. The summed E-state index contributed by atoms with van der Waals surface area (Å²) in [4.78, 5) is 24.2. The number of anilines is 1. The second kappa shape index (κ2) is 9.84. The minimum Gasteiger partial charge on any atom is -0.487 e. The fraction of sp³-hybridized carbons (Fsp3) is 0.182. The first-order chi connectivity index (χ1) is 14.8. The van der Waals surface area contributed by atoms with E-state index in [9.17, 15) is 18.4 Å². The molecule has 0 spiro atoms. The Balaban J connectivity index is 1.81. The fourth-order valence-corrected chi connectivity index (χ4v) is 3.38. The molecule has 0 aliphatic rings. The molecule has 0 aliphatic heterocycles. The molecular weight excluding hydrogens is 474 g/mol. The molecular formula is C22H19BrF2N2O4. The summed E-state index contributed by atoms with van der Waals surface area (Å²) in [6.45, 7) is 1.18. The molecule has 0 bridgehead atoms. The third kappa shape index (κ3) is 5.56. The maximum atomic E-state index is 13.8. The molecule has 1 amide bonds. The van der Waals surface area contributed by atoms with Gasteiger partial charge in [0.15, 0.2) is 0 Å². The van der Waals surface area contributed by atoms with Gasteiger partial charge in [0.25, 0.3) is 5.56 Å². The molecule has 1 heterocycles. The zero-order valence-corrected chi connectivity index (χ0v) is 18.1. The number of nitrogens with zero attached hydrogens (tertiary/aromatic N) is 1. The zero-order chi connectivity index (χ0) is 22.5. The van der Waals surface area contributed by atoms with Crippen LogP contribution in [0.2, 0.25) is 0 Å². The summed E-state index contributed by atoms with van der Waals surface area (Å²) in [5.41, 5.74) is 1.68. The molecule has 2 aromatic carbocycles. The minimum atomic E-state index is -0.727. The molecule has 0 unspecified atom stereocenters. The second-order valence-corrected chi connectivity index (χ2v) is 7.58. The van der Waals surface area contributed by atoms with Crippen LogP contribution in [-0.2, 0) is 17.9 Å². The van der Waals surface area contributed by atoms with Gasteiger partial charge in [-0.25, -0.2) is 8.78 Å². The van der Waals surface area contributed by atoms with E-state index in [-0.39, 0.29) is 34.5 Å². The van der Waals surface area contributed by atoms with Crippen LogP contribution in [0, 0.1) is 18.6 Å². The maximum Gasteiger partial charge on any atom is 0.269 e. The van der Waals surface area contributed by atoms with Crippen LogP contribution in [0.3, 0.4) is 0 Å². The lowest BCUT2D eigenvalue weighted by molar-refractivity contribution is -0.118. The Morgan fingerprint density at radius 3 is 2.68 bits per heavy atom. The average molecular weight is 493 g/mol. The smallest absolute Gasteiger partial charge is 0.269 e. The topological polar surface area (TPSA) is 80.6 Å². The molecule has 31 heavy (non-hydrogen) atoms. The standard InChI is InChI=1S/C22H19BrF2N2O4/c1-13-7-19(31-12-15-5-6-16(24)9-18(15)25)21(23)22(30)27(13)10-14-3-2-4-17(8-14)26-20(29)11-28/h2-9,28H,10-12H2,1H3,(H,26,29). The Morgan fingerprint density at radius 2 is 1.97 bits per heavy atom. The monoisotopic (exact) mass is 492 g/mol. The molecule has 0 saturated carbocycles. The number of nitrogens with one attached hydrogen (secondary N) is 1. The van der Waals surface area contributed by atoms with Gasteiger partial charge in [0.05, 0.1) is 6.54 Å². The number of amides is 1. The van der Waals surface area contributed by atoms with Crippen molar-refractivity contribution in [1.29, 1.82) is 0 Å². The van der Waals surface area contributed by atoms with E-state index in [0.29, 0.717) is 11.4 Å². The molecule has 3 rings (SSSR count). The molecule has 162 valence electrons. The number of halogens is 3. The van der Waals surface area contributed by atoms with E-state index >= 15 is 0 Å². The van der Waals surface area contributed by atoms with Gasteiger partial charge in [-0.3, -0.25) is 9.59 Å². The van der Waals surface area contributed by atoms with Crippen LogP contribution in [-0.4, -0.2) is 22.2 Å². The van der Waals surface area contributed by atoms with Crippen LogP contribution < -0.4 is 15.6 Å². The number of carbonyl (C=O) groups is 1. The molecule has 1 aromatic heterocycles. The lowest BCUT2D eigenvalue weighted by Gasteiger charge is -2.15. The van der Waals surface area contributed by atoms with Crippen LogP contribution in [0.5, 0.6) is 5.75 Å². The predicted octanol–water partition coefficient (Wildman–Crippen LogP) is 3.76. The number of aromatic nitrogens is 1. The van der Waals surface area contributed by atoms with E-state index in [1.165, 1.54) is 10.6 Å². The number of hydrogen-bond acceptors (Lipinski definition) is 4. The van der Waals surface area contributed by atoms with Gasteiger partial charge in [-0.05, 0) is 52.7 Å². The number of aliphatic hydroxyl groups excluding tert-OH is 1. The highest BCUT2D eigenvalue weighted by atomic mass is 79.9. The van der Waals surface area contributed by atoms with Gasteiger partial charge in [0, 0.05) is 29.1 Å². The first kappa shape index (κ1) is 22.6. The second-order valence-electron chi connectivity index (χ2n) is 6.79. The van der Waals surface area contributed by atoms with E-state index in [2.05, 4.69) is 21.2 Å². The first-order valence-corrected chi connectivity index (χ1v) is 10.0. The normalized spacial score (nSPS) is 10.7. The van der Waals surface area contributed by atoms with Crippen molar-refractivity contribution < 1.29 is 23.4 Å². The first-order valence-electron chi connectivity index (χ1n) is 9.25. The van der Waals surface area contributed by atoms with Gasteiger partial charge in [0.2, 0.25) is 5.91 Å². The van der Waals surface area contributed by atoms with Crippen molar-refractivity contribution in [3.8, 4) is 5.75 Å². The Bertz CT molecular complexity index is 1180. The summed E-state index contributed by atoms with van der Waals surface area (Å²) in [7, 11) is 0. The van der Waals surface area contributed by atoms with Crippen molar-refractivity contribution in [2.45, 2.75) is 20.1 Å². The molecule has 0 saturated heterocycles. The van der Waals surface area contributed by atoms with Crippen LogP contribution >= 0.6 is 15.9 Å². The number of rotatable bonds is 7. The predicted molar refractivity (Wildman–Crippen MR) is 115 cm³/mol.